The quantitative estimate of drug-likeness (QED) is 0.373. The molecule has 0 unspecified atom stereocenters. The average molecular weight is 464 g/mol. The molecule has 0 saturated heterocycles. The van der Waals surface area contributed by atoms with Gasteiger partial charge in [0.05, 0.1) is 23.9 Å². The molecule has 3 rings (SSSR count). The summed E-state index contributed by atoms with van der Waals surface area (Å²) in [7, 11) is -3.10. The van der Waals surface area contributed by atoms with E-state index in [4.69, 9.17) is 20.2 Å². The summed E-state index contributed by atoms with van der Waals surface area (Å²) >= 11 is 0. The molecule has 0 saturated carbocycles. The number of nitrogens with two attached hydrogens (primary N) is 1. The van der Waals surface area contributed by atoms with Crippen molar-refractivity contribution in [2.45, 2.75) is 52.7 Å². The molecule has 0 bridgehead atoms. The summed E-state index contributed by atoms with van der Waals surface area (Å²) in [5.41, 5.74) is 8.65. The number of pyridine rings is 1. The standard InChI is InChI=1S/C22H33N5O4S/c1-4-27-19(15-30-5-2)26-20-21(27)17-14-16(10-11-18(17)25-22(20)23)31-13-9-7-6-8-12-24-32(3,28)29/h10-11,14,24H,4-9,12-13,15H2,1-3H3,(H2,23,25). The highest BCUT2D eigenvalue weighted by Gasteiger charge is 2.17. The van der Waals surface area contributed by atoms with E-state index in [1.165, 1.54) is 6.26 Å². The lowest BCUT2D eigenvalue weighted by Crippen LogP contribution is -2.22. The highest BCUT2D eigenvalue weighted by atomic mass is 32.2. The third-order valence-electron chi connectivity index (χ3n) is 5.21. The van der Waals surface area contributed by atoms with Gasteiger partial charge in [-0.1, -0.05) is 12.8 Å². The number of nitrogens with zero attached hydrogens (tertiary/aromatic N) is 3. The Labute approximate surface area is 189 Å². The van der Waals surface area contributed by atoms with Crippen LogP contribution in [0.1, 0.15) is 45.4 Å². The van der Waals surface area contributed by atoms with Gasteiger partial charge >= 0.3 is 0 Å². The molecule has 0 aliphatic rings. The van der Waals surface area contributed by atoms with Gasteiger partial charge in [-0.3, -0.25) is 0 Å². The zero-order valence-corrected chi connectivity index (χ0v) is 19.9. The van der Waals surface area contributed by atoms with Gasteiger partial charge in [-0.25, -0.2) is 23.1 Å². The van der Waals surface area contributed by atoms with Crippen LogP contribution >= 0.6 is 0 Å². The first kappa shape index (κ1) is 24.2. The van der Waals surface area contributed by atoms with Crippen LogP contribution in [-0.2, 0) is 27.9 Å². The van der Waals surface area contributed by atoms with Gasteiger partial charge in [0.2, 0.25) is 10.0 Å². The second-order valence-electron chi connectivity index (χ2n) is 7.71. The lowest BCUT2D eigenvalue weighted by molar-refractivity contribution is 0.126. The van der Waals surface area contributed by atoms with Crippen molar-refractivity contribution in [2.75, 3.05) is 31.7 Å². The molecule has 0 aliphatic heterocycles. The fourth-order valence-corrected chi connectivity index (χ4v) is 4.21. The largest absolute Gasteiger partial charge is 0.494 e. The van der Waals surface area contributed by atoms with E-state index in [0.29, 0.717) is 37.7 Å². The minimum atomic E-state index is -3.10. The first-order valence-corrected chi connectivity index (χ1v) is 13.0. The summed E-state index contributed by atoms with van der Waals surface area (Å²) in [6, 6.07) is 5.83. The van der Waals surface area contributed by atoms with E-state index in [0.717, 1.165) is 60.2 Å². The maximum atomic E-state index is 11.1. The number of fused-ring (bicyclic) bond motifs is 3. The number of sulfonamides is 1. The lowest BCUT2D eigenvalue weighted by atomic mass is 10.1. The maximum Gasteiger partial charge on any atom is 0.208 e. The van der Waals surface area contributed by atoms with Crippen LogP contribution in [0.3, 0.4) is 0 Å². The number of aromatic nitrogens is 3. The average Bonchev–Trinajstić information content (AvgIpc) is 3.13. The normalized spacial score (nSPS) is 12.1. The van der Waals surface area contributed by atoms with Crippen molar-refractivity contribution in [2.24, 2.45) is 0 Å². The summed E-state index contributed by atoms with van der Waals surface area (Å²) in [6.45, 7) is 6.90. The molecule has 0 atom stereocenters. The van der Waals surface area contributed by atoms with Crippen LogP contribution in [0.2, 0.25) is 0 Å². The number of aryl methyl sites for hydroxylation is 1. The minimum absolute atomic E-state index is 0.413. The van der Waals surface area contributed by atoms with E-state index in [1.807, 2.05) is 25.1 Å². The third-order valence-corrected chi connectivity index (χ3v) is 5.94. The van der Waals surface area contributed by atoms with Crippen molar-refractivity contribution in [3.05, 3.63) is 24.0 Å². The number of benzene rings is 1. The number of ether oxygens (including phenoxy) is 2. The number of nitrogens with one attached hydrogen (secondary N) is 1. The smallest absolute Gasteiger partial charge is 0.208 e. The second kappa shape index (κ2) is 10.9. The Morgan fingerprint density at radius 1 is 1.12 bits per heavy atom. The zero-order valence-electron chi connectivity index (χ0n) is 19.1. The number of nitrogen functional groups attached to an aromatic ring is 1. The highest BCUT2D eigenvalue weighted by Crippen LogP contribution is 2.31. The molecule has 0 radical (unpaired) electrons. The van der Waals surface area contributed by atoms with Crippen molar-refractivity contribution in [3.8, 4) is 5.75 Å². The monoisotopic (exact) mass is 463 g/mol. The summed E-state index contributed by atoms with van der Waals surface area (Å²) in [5, 5.41) is 0.954. The van der Waals surface area contributed by atoms with Crippen molar-refractivity contribution in [1.82, 2.24) is 19.3 Å². The Bertz CT molecular complexity index is 1160. The van der Waals surface area contributed by atoms with Gasteiger partial charge < -0.3 is 19.8 Å². The van der Waals surface area contributed by atoms with Gasteiger partial charge in [0, 0.05) is 25.1 Å². The lowest BCUT2D eigenvalue weighted by Gasteiger charge is -2.11. The summed E-state index contributed by atoms with van der Waals surface area (Å²) < 4.78 is 38.3. The summed E-state index contributed by atoms with van der Waals surface area (Å²) in [5.74, 6) is 2.03. The van der Waals surface area contributed by atoms with Crippen LogP contribution in [0.5, 0.6) is 5.75 Å². The Morgan fingerprint density at radius 2 is 1.91 bits per heavy atom. The predicted molar refractivity (Wildman–Crippen MR) is 127 cm³/mol. The van der Waals surface area contributed by atoms with Gasteiger partial charge in [0.1, 0.15) is 23.7 Å². The molecule has 1 aromatic carbocycles. The van der Waals surface area contributed by atoms with Crippen LogP contribution in [0, 0.1) is 0 Å². The molecular formula is C22H33N5O4S. The zero-order chi connectivity index (χ0) is 23.1. The SMILES string of the molecule is CCOCc1nc2c(N)nc3ccc(OCCCCCCNS(C)(=O)=O)cc3c2n1CC. The number of hydrogen-bond donors (Lipinski definition) is 2. The molecule has 0 fully saturated rings. The minimum Gasteiger partial charge on any atom is -0.494 e. The second-order valence-corrected chi connectivity index (χ2v) is 9.54. The van der Waals surface area contributed by atoms with Crippen molar-refractivity contribution in [3.63, 3.8) is 0 Å². The molecule has 32 heavy (non-hydrogen) atoms. The first-order valence-electron chi connectivity index (χ1n) is 11.1. The van der Waals surface area contributed by atoms with Crippen LogP contribution in [-0.4, -0.2) is 49.0 Å². The molecule has 3 N–H and O–H groups in total. The van der Waals surface area contributed by atoms with Gasteiger partial charge in [-0.15, -0.1) is 0 Å². The number of anilines is 1. The van der Waals surface area contributed by atoms with Gasteiger partial charge in [-0.2, -0.15) is 0 Å². The topological polar surface area (TPSA) is 121 Å². The summed E-state index contributed by atoms with van der Waals surface area (Å²) in [6.07, 6.45) is 4.82. The fourth-order valence-electron chi connectivity index (χ4n) is 3.70. The van der Waals surface area contributed by atoms with Crippen molar-refractivity contribution >= 4 is 37.8 Å². The first-order chi connectivity index (χ1) is 15.3. The van der Waals surface area contributed by atoms with E-state index in [-0.39, 0.29) is 0 Å². The molecule has 2 aromatic heterocycles. The van der Waals surface area contributed by atoms with E-state index >= 15 is 0 Å². The molecular weight excluding hydrogens is 430 g/mol. The number of rotatable bonds is 13. The molecule has 0 spiro atoms. The molecule has 2 heterocycles. The Hall–Kier alpha value is -2.43. The number of unbranched alkanes of at least 4 members (excludes halogenated alkanes) is 3. The Kier molecular flexibility index (Phi) is 8.27. The van der Waals surface area contributed by atoms with Crippen LogP contribution in [0.4, 0.5) is 5.82 Å². The van der Waals surface area contributed by atoms with Crippen LogP contribution < -0.4 is 15.2 Å². The fraction of sp³-hybridized carbons (Fsp3) is 0.545. The molecule has 176 valence electrons. The molecule has 9 nitrogen and oxygen atoms in total. The third kappa shape index (κ3) is 6.08. The maximum absolute atomic E-state index is 11.1. The van der Waals surface area contributed by atoms with Gasteiger partial charge in [0.15, 0.2) is 5.82 Å². The van der Waals surface area contributed by atoms with Gasteiger partial charge in [-0.05, 0) is 44.9 Å². The van der Waals surface area contributed by atoms with Crippen molar-refractivity contribution < 1.29 is 17.9 Å². The van der Waals surface area contributed by atoms with Crippen molar-refractivity contribution in [1.29, 1.82) is 0 Å². The predicted octanol–water partition coefficient (Wildman–Crippen LogP) is 3.21. The van der Waals surface area contributed by atoms with Crippen LogP contribution in [0.25, 0.3) is 21.9 Å². The van der Waals surface area contributed by atoms with E-state index < -0.39 is 10.0 Å². The van der Waals surface area contributed by atoms with E-state index in [2.05, 4.69) is 21.2 Å². The molecule has 0 aliphatic carbocycles. The van der Waals surface area contributed by atoms with Gasteiger partial charge in [0.25, 0.3) is 0 Å². The Balaban J connectivity index is 1.68. The molecule has 0 amide bonds. The molecule has 3 aromatic rings. The molecule has 10 heteroatoms. The summed E-state index contributed by atoms with van der Waals surface area (Å²) in [4.78, 5) is 9.22. The van der Waals surface area contributed by atoms with Crippen LogP contribution in [0.15, 0.2) is 18.2 Å². The Morgan fingerprint density at radius 3 is 2.62 bits per heavy atom. The number of hydrogen-bond acceptors (Lipinski definition) is 7. The number of imidazole rings is 1. The highest BCUT2D eigenvalue weighted by molar-refractivity contribution is 7.88. The van der Waals surface area contributed by atoms with E-state index in [1.54, 1.807) is 0 Å². The van der Waals surface area contributed by atoms with E-state index in [9.17, 15) is 8.42 Å².